The molecule has 6 radical (unpaired) electrons. The SMILES string of the molecule is O=C(CCCN1CCC(O)(c2ccc(Cl)cc2)CC1)[C]1[CH][CH][CH][CH]1.[99Tc].[C-]#[O+].[C-]#[O+].[C-]#[O+]. The van der Waals surface area contributed by atoms with Gasteiger partial charge in [0.25, 0.3) is 0 Å². The first-order chi connectivity index (χ1) is 14.6. The summed E-state index contributed by atoms with van der Waals surface area (Å²) >= 11 is 5.92. The minimum atomic E-state index is -0.758. The number of halogens is 1. The number of carbonyl (C=O) groups is 1. The van der Waals surface area contributed by atoms with Crippen molar-refractivity contribution in [1.29, 1.82) is 0 Å². The summed E-state index contributed by atoms with van der Waals surface area (Å²) in [6, 6.07) is 7.49. The first-order valence-corrected chi connectivity index (χ1v) is 9.52. The Bertz CT molecular complexity index is 661. The van der Waals surface area contributed by atoms with Gasteiger partial charge in [0.1, 0.15) is 5.78 Å². The van der Waals surface area contributed by atoms with E-state index in [0.717, 1.165) is 37.5 Å². The van der Waals surface area contributed by atoms with Crippen LogP contribution in [0, 0.1) is 51.6 Å². The maximum absolute atomic E-state index is 12.0. The third-order valence-electron chi connectivity index (χ3n) is 4.93. The molecule has 0 amide bonds. The zero-order chi connectivity index (χ0) is 23.0. The summed E-state index contributed by atoms with van der Waals surface area (Å²) in [7, 11) is 0. The third kappa shape index (κ3) is 10.9. The number of aliphatic hydroxyl groups is 1. The van der Waals surface area contributed by atoms with E-state index in [-0.39, 0.29) is 25.9 Å². The van der Waals surface area contributed by atoms with Crippen molar-refractivity contribution < 1.29 is 44.0 Å². The number of likely N-dealkylation sites (tertiary alicyclic amines) is 1. The molecule has 164 valence electrons. The molecule has 1 heterocycles. The van der Waals surface area contributed by atoms with E-state index in [1.54, 1.807) is 0 Å². The van der Waals surface area contributed by atoms with Crippen LogP contribution in [0.1, 0.15) is 31.2 Å². The summed E-state index contributed by atoms with van der Waals surface area (Å²) in [5.74, 6) is 1.03. The van der Waals surface area contributed by atoms with E-state index in [4.69, 9.17) is 25.6 Å². The van der Waals surface area contributed by atoms with Gasteiger partial charge in [-0.3, -0.25) is 4.79 Å². The molecule has 31 heavy (non-hydrogen) atoms. The molecule has 1 aliphatic heterocycles. The predicted octanol–water partition coefficient (Wildman–Crippen LogP) is 3.26. The first kappa shape index (κ1) is 32.2. The van der Waals surface area contributed by atoms with Crippen molar-refractivity contribution in [3.05, 3.63) is 86.4 Å². The van der Waals surface area contributed by atoms with Crippen LogP contribution < -0.4 is 0 Å². The Kier molecular flexibility index (Phi) is 19.2. The average Bonchev–Trinajstić information content (AvgIpc) is 3.35. The van der Waals surface area contributed by atoms with Crippen molar-refractivity contribution in [2.45, 2.75) is 31.3 Å². The number of Topliss-reactive ketones (excluding diaryl/α,β-unsaturated/α-hetero) is 1. The van der Waals surface area contributed by atoms with E-state index in [1.807, 2.05) is 49.9 Å². The molecule has 6 nitrogen and oxygen atoms in total. The molecule has 8 heteroatoms. The van der Waals surface area contributed by atoms with Crippen molar-refractivity contribution >= 4 is 17.4 Å². The molecular weight excluding hydrogens is 505 g/mol. The number of hydrogen-bond donors (Lipinski definition) is 1. The third-order valence-corrected chi connectivity index (χ3v) is 5.18. The molecule has 0 bridgehead atoms. The molecule has 2 fully saturated rings. The van der Waals surface area contributed by atoms with Gasteiger partial charge in [0.2, 0.25) is 0 Å². The van der Waals surface area contributed by atoms with Crippen LogP contribution in [0.25, 0.3) is 0 Å². The second kappa shape index (κ2) is 18.5. The van der Waals surface area contributed by atoms with Crippen LogP contribution in [0.5, 0.6) is 0 Å². The normalized spacial score (nSPS) is 17.2. The van der Waals surface area contributed by atoms with Gasteiger partial charge in [0.15, 0.2) is 0 Å². The number of benzene rings is 1. The summed E-state index contributed by atoms with van der Waals surface area (Å²) in [4.78, 5) is 14.3. The van der Waals surface area contributed by atoms with Gasteiger partial charge >= 0.3 is 33.9 Å². The second-order valence-corrected chi connectivity index (χ2v) is 7.02. The first-order valence-electron chi connectivity index (χ1n) is 9.14. The molecule has 0 unspecified atom stereocenters. The summed E-state index contributed by atoms with van der Waals surface area (Å²) in [6.45, 7) is 16.1. The Morgan fingerprint density at radius 1 is 1.00 bits per heavy atom. The summed E-state index contributed by atoms with van der Waals surface area (Å²) in [5, 5.41) is 11.6. The van der Waals surface area contributed by atoms with Crippen LogP contribution in [0.2, 0.25) is 5.02 Å². The zero-order valence-electron chi connectivity index (χ0n) is 16.9. The van der Waals surface area contributed by atoms with Crippen molar-refractivity contribution in [2.75, 3.05) is 19.6 Å². The van der Waals surface area contributed by atoms with Crippen LogP contribution in [0.4, 0.5) is 0 Å². The molecule has 1 aromatic rings. The fourth-order valence-electron chi connectivity index (χ4n) is 3.36. The summed E-state index contributed by atoms with van der Waals surface area (Å²) in [5.41, 5.74) is 0.185. The van der Waals surface area contributed by atoms with E-state index < -0.39 is 5.60 Å². The monoisotopic (exact) mass is 527 g/mol. The van der Waals surface area contributed by atoms with E-state index >= 15 is 0 Å². The topological polar surface area (TPSA) is 100 Å². The van der Waals surface area contributed by atoms with E-state index in [2.05, 4.69) is 24.9 Å². The fraction of sp³-hybridized carbons (Fsp3) is 0.348. The molecule has 3 rings (SSSR count). The van der Waals surface area contributed by atoms with Crippen molar-refractivity contribution in [3.63, 3.8) is 0 Å². The van der Waals surface area contributed by atoms with Crippen LogP contribution in [0.3, 0.4) is 0 Å². The van der Waals surface area contributed by atoms with Gasteiger partial charge in [-0.05, 0) is 69.2 Å². The number of rotatable bonds is 6. The molecule has 1 N–H and O–H groups in total. The fourth-order valence-corrected chi connectivity index (χ4v) is 3.49. The quantitative estimate of drug-likeness (QED) is 0.454. The number of piperidine rings is 1. The van der Waals surface area contributed by atoms with Crippen molar-refractivity contribution in [1.82, 2.24) is 4.90 Å². The Morgan fingerprint density at radius 3 is 1.97 bits per heavy atom. The Labute approximate surface area is 203 Å². The molecule has 1 aliphatic carbocycles. The van der Waals surface area contributed by atoms with Crippen molar-refractivity contribution in [2.24, 2.45) is 0 Å². The number of nitrogens with zero attached hydrogens (tertiary/aromatic N) is 1. The van der Waals surface area contributed by atoms with E-state index in [0.29, 0.717) is 24.3 Å². The van der Waals surface area contributed by atoms with Gasteiger partial charge in [-0.25, -0.2) is 0 Å². The summed E-state index contributed by atoms with van der Waals surface area (Å²) < 4.78 is 22.5. The maximum atomic E-state index is 12.0. The van der Waals surface area contributed by atoms with Gasteiger partial charge in [-0.2, -0.15) is 0 Å². The molecule has 0 spiro atoms. The Morgan fingerprint density at radius 2 is 1.48 bits per heavy atom. The minimum absolute atomic E-state index is 0. The number of ketones is 1. The van der Waals surface area contributed by atoms with Gasteiger partial charge in [0.05, 0.1) is 5.60 Å². The Balaban J connectivity index is 0. The molecule has 1 saturated heterocycles. The van der Waals surface area contributed by atoms with Crippen molar-refractivity contribution in [3.8, 4) is 0 Å². The number of hydrogen-bond acceptors (Lipinski definition) is 3. The standard InChI is InChI=1S/C20H23ClNO2.3CO.Tc/c21-18-9-7-17(8-10-18)20(24)11-14-22(15-12-20)13-3-6-19(23)16-4-1-2-5-16;3*1-2;/h1-2,4-5,7-10,24H,3,6,11-15H2;;;;/i;;;;1+1. The molecule has 0 atom stereocenters. The van der Waals surface area contributed by atoms with Crippen LogP contribution in [0.15, 0.2) is 24.3 Å². The molecule has 0 aromatic heterocycles. The average molecular weight is 528 g/mol. The van der Waals surface area contributed by atoms with E-state index in [1.165, 1.54) is 0 Å². The molecular formula is C23H23ClNO5Tc. The Hall–Kier alpha value is -1.03. The molecule has 1 saturated carbocycles. The molecule has 1 aromatic carbocycles. The number of carbonyl (C=O) groups excluding carboxylic acids is 1. The predicted molar refractivity (Wildman–Crippen MR) is 107 cm³/mol. The van der Waals surface area contributed by atoms with Gasteiger partial charge in [-0.15, -0.1) is 0 Å². The van der Waals surface area contributed by atoms with Gasteiger partial charge < -0.3 is 10.0 Å². The van der Waals surface area contributed by atoms with Crippen LogP contribution in [-0.2, 0) is 44.5 Å². The molecule has 2 aliphatic rings. The van der Waals surface area contributed by atoms with Gasteiger partial charge in [-0.1, -0.05) is 23.7 Å². The van der Waals surface area contributed by atoms with Crippen LogP contribution >= 0.6 is 11.6 Å². The second-order valence-electron chi connectivity index (χ2n) is 6.58. The zero-order valence-corrected chi connectivity index (χ0v) is 19.5. The van der Waals surface area contributed by atoms with E-state index in [9.17, 15) is 9.90 Å². The van der Waals surface area contributed by atoms with Crippen LogP contribution in [-0.4, -0.2) is 35.4 Å². The van der Waals surface area contributed by atoms with Gasteiger partial charge in [0, 0.05) is 50.6 Å². The summed E-state index contributed by atoms with van der Waals surface area (Å²) in [6.07, 6.45) is 10.4.